The molecule has 0 fully saturated rings. The fourth-order valence-corrected chi connectivity index (χ4v) is 1.96. The number of aryl methyl sites for hydroxylation is 2. The van der Waals surface area contributed by atoms with E-state index in [4.69, 9.17) is 9.84 Å². The molecular weight excluding hydrogens is 244 g/mol. The highest BCUT2D eigenvalue weighted by molar-refractivity contribution is 5.91. The van der Waals surface area contributed by atoms with Crippen molar-refractivity contribution in [1.82, 2.24) is 9.97 Å². The Hall–Kier alpha value is -2.43. The Morgan fingerprint density at radius 2 is 2.05 bits per heavy atom. The summed E-state index contributed by atoms with van der Waals surface area (Å²) < 4.78 is 4.99. The molecule has 19 heavy (non-hydrogen) atoms. The first-order chi connectivity index (χ1) is 9.02. The Kier molecular flexibility index (Phi) is 3.46. The van der Waals surface area contributed by atoms with E-state index in [0.717, 1.165) is 5.56 Å². The van der Waals surface area contributed by atoms with Crippen molar-refractivity contribution in [1.29, 1.82) is 0 Å². The monoisotopic (exact) mass is 258 g/mol. The summed E-state index contributed by atoms with van der Waals surface area (Å²) in [5.74, 6) is -0.429. The molecule has 0 saturated heterocycles. The smallest absolute Gasteiger partial charge is 0.337 e. The third-order valence-electron chi connectivity index (χ3n) is 2.85. The normalized spacial score (nSPS) is 10.3. The van der Waals surface area contributed by atoms with Gasteiger partial charge in [0.15, 0.2) is 0 Å². The molecule has 5 heteroatoms. The fourth-order valence-electron chi connectivity index (χ4n) is 1.96. The lowest BCUT2D eigenvalue weighted by molar-refractivity contribution is 0.0695. The molecule has 2 heterocycles. The van der Waals surface area contributed by atoms with E-state index in [-0.39, 0.29) is 5.56 Å². The van der Waals surface area contributed by atoms with E-state index in [1.54, 1.807) is 39.3 Å². The molecule has 0 radical (unpaired) electrons. The molecule has 98 valence electrons. The number of ether oxygens (including phenoxy) is 1. The Morgan fingerprint density at radius 1 is 1.32 bits per heavy atom. The SMILES string of the molecule is COc1ccc(-c2cc(C)c(C(=O)O)c(C)n2)cn1. The minimum absolute atomic E-state index is 0.255. The molecule has 0 aliphatic carbocycles. The zero-order valence-electron chi connectivity index (χ0n) is 11.0. The van der Waals surface area contributed by atoms with Gasteiger partial charge in [-0.1, -0.05) is 0 Å². The van der Waals surface area contributed by atoms with Crippen LogP contribution in [0.15, 0.2) is 24.4 Å². The van der Waals surface area contributed by atoms with Gasteiger partial charge in [0.2, 0.25) is 5.88 Å². The van der Waals surface area contributed by atoms with Gasteiger partial charge in [0.05, 0.1) is 24.1 Å². The molecule has 1 N–H and O–H groups in total. The molecule has 0 aliphatic rings. The van der Waals surface area contributed by atoms with Crippen LogP contribution in [0.4, 0.5) is 0 Å². The molecule has 0 unspecified atom stereocenters. The number of pyridine rings is 2. The van der Waals surface area contributed by atoms with Gasteiger partial charge >= 0.3 is 5.97 Å². The summed E-state index contributed by atoms with van der Waals surface area (Å²) in [4.78, 5) is 19.5. The van der Waals surface area contributed by atoms with E-state index in [9.17, 15) is 4.79 Å². The van der Waals surface area contributed by atoms with E-state index in [1.165, 1.54) is 0 Å². The molecular formula is C14H14N2O3. The molecule has 0 amide bonds. The summed E-state index contributed by atoms with van der Waals surface area (Å²) in [6.45, 7) is 3.45. The van der Waals surface area contributed by atoms with Crippen molar-refractivity contribution in [2.24, 2.45) is 0 Å². The maximum absolute atomic E-state index is 11.1. The third kappa shape index (κ3) is 2.54. The minimum atomic E-state index is -0.957. The van der Waals surface area contributed by atoms with Gasteiger partial charge in [-0.3, -0.25) is 4.98 Å². The van der Waals surface area contributed by atoms with Gasteiger partial charge in [-0.25, -0.2) is 9.78 Å². The van der Waals surface area contributed by atoms with Gasteiger partial charge in [-0.15, -0.1) is 0 Å². The van der Waals surface area contributed by atoms with Crippen LogP contribution in [0.5, 0.6) is 5.88 Å². The lowest BCUT2D eigenvalue weighted by atomic mass is 10.0. The number of carboxylic acids is 1. The van der Waals surface area contributed by atoms with Crippen molar-refractivity contribution < 1.29 is 14.6 Å². The number of methoxy groups -OCH3 is 1. The van der Waals surface area contributed by atoms with Crippen molar-refractivity contribution in [3.05, 3.63) is 41.2 Å². The number of aromatic carboxylic acids is 1. The molecule has 0 saturated carbocycles. The van der Waals surface area contributed by atoms with E-state index in [0.29, 0.717) is 22.8 Å². The third-order valence-corrected chi connectivity index (χ3v) is 2.85. The second-order valence-electron chi connectivity index (χ2n) is 4.18. The molecule has 0 aromatic carbocycles. The maximum Gasteiger partial charge on any atom is 0.337 e. The van der Waals surface area contributed by atoms with Gasteiger partial charge in [0, 0.05) is 17.8 Å². The zero-order valence-corrected chi connectivity index (χ0v) is 11.0. The first-order valence-corrected chi connectivity index (χ1v) is 5.75. The first-order valence-electron chi connectivity index (χ1n) is 5.75. The number of aromatic nitrogens is 2. The summed E-state index contributed by atoms with van der Waals surface area (Å²) >= 11 is 0. The summed E-state index contributed by atoms with van der Waals surface area (Å²) in [7, 11) is 1.55. The second kappa shape index (κ2) is 5.06. The van der Waals surface area contributed by atoms with Crippen LogP contribution >= 0.6 is 0 Å². The quantitative estimate of drug-likeness (QED) is 0.915. The zero-order chi connectivity index (χ0) is 14.0. The topological polar surface area (TPSA) is 72.3 Å². The van der Waals surface area contributed by atoms with Crippen molar-refractivity contribution in [2.75, 3.05) is 7.11 Å². The number of nitrogens with zero attached hydrogens (tertiary/aromatic N) is 2. The van der Waals surface area contributed by atoms with Gasteiger partial charge in [0.25, 0.3) is 0 Å². The molecule has 2 aromatic heterocycles. The number of rotatable bonds is 3. The molecule has 0 bridgehead atoms. The van der Waals surface area contributed by atoms with Crippen molar-refractivity contribution >= 4 is 5.97 Å². The highest BCUT2D eigenvalue weighted by Crippen LogP contribution is 2.22. The largest absolute Gasteiger partial charge is 0.481 e. The predicted molar refractivity (Wildman–Crippen MR) is 70.5 cm³/mol. The lowest BCUT2D eigenvalue weighted by Crippen LogP contribution is -2.05. The van der Waals surface area contributed by atoms with Gasteiger partial charge in [-0.05, 0) is 31.5 Å². The van der Waals surface area contributed by atoms with Crippen LogP contribution in [-0.2, 0) is 0 Å². The Morgan fingerprint density at radius 3 is 2.53 bits per heavy atom. The number of hydrogen-bond donors (Lipinski definition) is 1. The van der Waals surface area contributed by atoms with E-state index in [2.05, 4.69) is 9.97 Å². The molecule has 0 atom stereocenters. The maximum atomic E-state index is 11.1. The Bertz CT molecular complexity index is 598. The van der Waals surface area contributed by atoms with Crippen LogP contribution in [0.3, 0.4) is 0 Å². The minimum Gasteiger partial charge on any atom is -0.481 e. The summed E-state index contributed by atoms with van der Waals surface area (Å²) in [5, 5.41) is 9.11. The molecule has 2 rings (SSSR count). The van der Waals surface area contributed by atoms with E-state index in [1.807, 2.05) is 6.07 Å². The second-order valence-corrected chi connectivity index (χ2v) is 4.18. The Labute approximate surface area is 110 Å². The number of carboxylic acid groups (broad SMARTS) is 1. The fraction of sp³-hybridized carbons (Fsp3) is 0.214. The van der Waals surface area contributed by atoms with Crippen molar-refractivity contribution in [2.45, 2.75) is 13.8 Å². The summed E-state index contributed by atoms with van der Waals surface area (Å²) in [5.41, 5.74) is 2.97. The average Bonchev–Trinajstić information content (AvgIpc) is 2.37. The van der Waals surface area contributed by atoms with Crippen LogP contribution in [0.2, 0.25) is 0 Å². The van der Waals surface area contributed by atoms with E-state index >= 15 is 0 Å². The number of hydrogen-bond acceptors (Lipinski definition) is 4. The summed E-state index contributed by atoms with van der Waals surface area (Å²) in [6.07, 6.45) is 1.65. The van der Waals surface area contributed by atoms with Crippen molar-refractivity contribution in [3.8, 4) is 17.1 Å². The van der Waals surface area contributed by atoms with Crippen LogP contribution in [0.25, 0.3) is 11.3 Å². The number of carbonyl (C=O) groups is 1. The van der Waals surface area contributed by atoms with Gasteiger partial charge in [0.1, 0.15) is 0 Å². The van der Waals surface area contributed by atoms with Gasteiger partial charge < -0.3 is 9.84 Å². The van der Waals surface area contributed by atoms with Crippen LogP contribution in [-0.4, -0.2) is 28.2 Å². The molecule has 5 nitrogen and oxygen atoms in total. The standard InChI is InChI=1S/C14H14N2O3/c1-8-6-11(16-9(2)13(8)14(17)18)10-4-5-12(19-3)15-7-10/h4-7H,1-3H3,(H,17,18). The average molecular weight is 258 g/mol. The molecule has 0 spiro atoms. The molecule has 2 aromatic rings. The van der Waals surface area contributed by atoms with Crippen LogP contribution < -0.4 is 4.74 Å². The lowest BCUT2D eigenvalue weighted by Gasteiger charge is -2.08. The highest BCUT2D eigenvalue weighted by Gasteiger charge is 2.14. The highest BCUT2D eigenvalue weighted by atomic mass is 16.5. The van der Waals surface area contributed by atoms with E-state index < -0.39 is 5.97 Å². The van der Waals surface area contributed by atoms with Gasteiger partial charge in [-0.2, -0.15) is 0 Å². The first kappa shape index (κ1) is 13.0. The Balaban J connectivity index is 2.48. The summed E-state index contributed by atoms with van der Waals surface area (Å²) in [6, 6.07) is 5.33. The van der Waals surface area contributed by atoms with Crippen LogP contribution in [0, 0.1) is 13.8 Å². The molecule has 0 aliphatic heterocycles. The predicted octanol–water partition coefficient (Wildman–Crippen LogP) is 2.47. The van der Waals surface area contributed by atoms with Crippen LogP contribution in [0.1, 0.15) is 21.6 Å². The van der Waals surface area contributed by atoms with Crippen molar-refractivity contribution in [3.63, 3.8) is 0 Å².